The molecule has 0 saturated heterocycles. The molecule has 1 aromatic carbocycles. The summed E-state index contributed by atoms with van der Waals surface area (Å²) in [6.07, 6.45) is 0. The zero-order valence-corrected chi connectivity index (χ0v) is 11.5. The summed E-state index contributed by atoms with van der Waals surface area (Å²) in [7, 11) is 1.29. The van der Waals surface area contributed by atoms with Crippen LogP contribution in [0.3, 0.4) is 0 Å². The second kappa shape index (κ2) is 4.70. The van der Waals surface area contributed by atoms with Gasteiger partial charge in [-0.05, 0) is 28.9 Å². The predicted molar refractivity (Wildman–Crippen MR) is 66.5 cm³/mol. The summed E-state index contributed by atoms with van der Waals surface area (Å²) in [6.45, 7) is 1.79. The third kappa shape index (κ3) is 2.32. The minimum Gasteiger partial charge on any atom is -0.494 e. The van der Waals surface area contributed by atoms with E-state index in [-0.39, 0.29) is 11.3 Å². The standard InChI is InChI=1S/C11H8BrF2NOS/c1-5-10(12)17-11(15-5)6-3-8(14)9(16-2)4-7(6)13/h3-4H,1-2H3. The molecular formula is C11H8BrF2NOS. The number of aromatic nitrogens is 1. The fourth-order valence-corrected chi connectivity index (χ4v) is 2.70. The van der Waals surface area contributed by atoms with Gasteiger partial charge >= 0.3 is 0 Å². The number of halogens is 3. The van der Waals surface area contributed by atoms with Crippen molar-refractivity contribution in [3.8, 4) is 16.3 Å². The number of aryl methyl sites for hydroxylation is 1. The van der Waals surface area contributed by atoms with E-state index in [0.29, 0.717) is 5.01 Å². The highest BCUT2D eigenvalue weighted by atomic mass is 79.9. The number of hydrogen-bond acceptors (Lipinski definition) is 3. The van der Waals surface area contributed by atoms with Crippen LogP contribution in [0.15, 0.2) is 15.9 Å². The number of methoxy groups -OCH3 is 1. The number of thiazole rings is 1. The molecular weight excluding hydrogens is 312 g/mol. The molecule has 0 radical (unpaired) electrons. The first-order chi connectivity index (χ1) is 8.02. The lowest BCUT2D eigenvalue weighted by molar-refractivity contribution is 0.383. The highest BCUT2D eigenvalue weighted by Gasteiger charge is 2.15. The lowest BCUT2D eigenvalue weighted by atomic mass is 10.2. The highest BCUT2D eigenvalue weighted by Crippen LogP contribution is 2.35. The van der Waals surface area contributed by atoms with E-state index in [1.807, 2.05) is 0 Å². The fourth-order valence-electron chi connectivity index (χ4n) is 1.34. The molecule has 6 heteroatoms. The van der Waals surface area contributed by atoms with Crippen molar-refractivity contribution in [3.05, 3.63) is 33.2 Å². The van der Waals surface area contributed by atoms with Crippen molar-refractivity contribution in [2.75, 3.05) is 7.11 Å². The van der Waals surface area contributed by atoms with E-state index >= 15 is 0 Å². The molecule has 2 nitrogen and oxygen atoms in total. The average Bonchev–Trinajstić information content (AvgIpc) is 2.61. The maximum atomic E-state index is 13.7. The van der Waals surface area contributed by atoms with Gasteiger partial charge in [0.2, 0.25) is 0 Å². The molecule has 0 aliphatic carbocycles. The molecule has 90 valence electrons. The van der Waals surface area contributed by atoms with E-state index in [9.17, 15) is 8.78 Å². The lowest BCUT2D eigenvalue weighted by Crippen LogP contribution is -1.92. The average molecular weight is 320 g/mol. The van der Waals surface area contributed by atoms with Crippen LogP contribution in [-0.4, -0.2) is 12.1 Å². The molecule has 0 unspecified atom stereocenters. The number of rotatable bonds is 2. The van der Waals surface area contributed by atoms with E-state index in [1.54, 1.807) is 6.92 Å². The number of nitrogens with zero attached hydrogens (tertiary/aromatic N) is 1. The molecule has 17 heavy (non-hydrogen) atoms. The van der Waals surface area contributed by atoms with Crippen molar-refractivity contribution >= 4 is 27.3 Å². The zero-order valence-electron chi connectivity index (χ0n) is 9.05. The van der Waals surface area contributed by atoms with Crippen molar-refractivity contribution in [3.63, 3.8) is 0 Å². The van der Waals surface area contributed by atoms with E-state index in [0.717, 1.165) is 21.6 Å². The van der Waals surface area contributed by atoms with Crippen LogP contribution in [0.1, 0.15) is 5.69 Å². The van der Waals surface area contributed by atoms with Crippen LogP contribution in [0, 0.1) is 18.6 Å². The number of benzene rings is 1. The van der Waals surface area contributed by atoms with Crippen molar-refractivity contribution in [1.82, 2.24) is 4.98 Å². The van der Waals surface area contributed by atoms with Gasteiger partial charge in [0.15, 0.2) is 11.6 Å². The van der Waals surface area contributed by atoms with Gasteiger partial charge in [-0.15, -0.1) is 11.3 Å². The van der Waals surface area contributed by atoms with Crippen LogP contribution in [0.2, 0.25) is 0 Å². The summed E-state index contributed by atoms with van der Waals surface area (Å²) in [6, 6.07) is 2.12. The van der Waals surface area contributed by atoms with Gasteiger partial charge in [-0.25, -0.2) is 13.8 Å². The summed E-state index contributed by atoms with van der Waals surface area (Å²) < 4.78 is 32.8. The Bertz CT molecular complexity index is 551. The first-order valence-electron chi connectivity index (χ1n) is 4.69. The smallest absolute Gasteiger partial charge is 0.165 e. The largest absolute Gasteiger partial charge is 0.494 e. The Morgan fingerprint density at radius 3 is 2.53 bits per heavy atom. The van der Waals surface area contributed by atoms with E-state index in [4.69, 9.17) is 4.74 Å². The lowest BCUT2D eigenvalue weighted by Gasteiger charge is -2.04. The number of hydrogen-bond donors (Lipinski definition) is 0. The van der Waals surface area contributed by atoms with Crippen molar-refractivity contribution in [2.45, 2.75) is 6.92 Å². The molecule has 0 fully saturated rings. The molecule has 1 heterocycles. The van der Waals surface area contributed by atoms with Gasteiger partial charge in [-0.1, -0.05) is 0 Å². The molecule has 0 aliphatic rings. The SMILES string of the molecule is COc1cc(F)c(-c2nc(C)c(Br)s2)cc1F. The van der Waals surface area contributed by atoms with Crippen molar-refractivity contribution in [2.24, 2.45) is 0 Å². The summed E-state index contributed by atoms with van der Waals surface area (Å²) >= 11 is 4.56. The quantitative estimate of drug-likeness (QED) is 0.829. The van der Waals surface area contributed by atoms with Crippen LogP contribution in [-0.2, 0) is 0 Å². The Labute approximate surface area is 109 Å². The van der Waals surface area contributed by atoms with Gasteiger partial charge < -0.3 is 4.74 Å². The van der Waals surface area contributed by atoms with E-state index < -0.39 is 11.6 Å². The van der Waals surface area contributed by atoms with E-state index in [2.05, 4.69) is 20.9 Å². The second-order valence-electron chi connectivity index (χ2n) is 3.34. The highest BCUT2D eigenvalue weighted by molar-refractivity contribution is 9.11. The van der Waals surface area contributed by atoms with Gasteiger partial charge in [0, 0.05) is 11.6 Å². The Morgan fingerprint density at radius 1 is 1.29 bits per heavy atom. The third-order valence-corrected chi connectivity index (χ3v) is 4.25. The Morgan fingerprint density at radius 2 is 2.00 bits per heavy atom. The normalized spacial score (nSPS) is 10.6. The zero-order chi connectivity index (χ0) is 12.6. The Balaban J connectivity index is 2.56. The molecule has 0 bridgehead atoms. The second-order valence-corrected chi connectivity index (χ2v) is 5.66. The van der Waals surface area contributed by atoms with Gasteiger partial charge in [0.1, 0.15) is 10.8 Å². The van der Waals surface area contributed by atoms with Gasteiger partial charge in [0.25, 0.3) is 0 Å². The molecule has 0 amide bonds. The summed E-state index contributed by atoms with van der Waals surface area (Å²) in [5.74, 6) is -1.27. The molecule has 0 N–H and O–H groups in total. The van der Waals surface area contributed by atoms with Crippen LogP contribution >= 0.6 is 27.3 Å². The van der Waals surface area contributed by atoms with E-state index in [1.165, 1.54) is 18.4 Å². The minimum atomic E-state index is -0.604. The van der Waals surface area contributed by atoms with Crippen LogP contribution in [0.4, 0.5) is 8.78 Å². The predicted octanol–water partition coefficient (Wildman–Crippen LogP) is 4.17. The van der Waals surface area contributed by atoms with Crippen molar-refractivity contribution < 1.29 is 13.5 Å². The minimum absolute atomic E-state index is 0.112. The topological polar surface area (TPSA) is 22.1 Å². The molecule has 2 rings (SSSR count). The van der Waals surface area contributed by atoms with Gasteiger partial charge in [0.05, 0.1) is 16.6 Å². The van der Waals surface area contributed by atoms with Crippen LogP contribution in [0.25, 0.3) is 10.6 Å². The van der Waals surface area contributed by atoms with Gasteiger partial charge in [-0.2, -0.15) is 0 Å². The van der Waals surface area contributed by atoms with Crippen LogP contribution in [0.5, 0.6) is 5.75 Å². The summed E-state index contributed by atoms with van der Waals surface area (Å²) in [5.41, 5.74) is 0.891. The molecule has 1 aromatic heterocycles. The monoisotopic (exact) mass is 319 g/mol. The molecule has 0 atom stereocenters. The first kappa shape index (κ1) is 12.4. The molecule has 2 aromatic rings. The molecule has 0 saturated carbocycles. The van der Waals surface area contributed by atoms with Crippen LogP contribution < -0.4 is 4.74 Å². The van der Waals surface area contributed by atoms with Gasteiger partial charge in [-0.3, -0.25) is 0 Å². The molecule has 0 aliphatic heterocycles. The first-order valence-corrected chi connectivity index (χ1v) is 6.30. The maximum absolute atomic E-state index is 13.7. The molecule has 0 spiro atoms. The Hall–Kier alpha value is -1.01. The fraction of sp³-hybridized carbons (Fsp3) is 0.182. The van der Waals surface area contributed by atoms with Crippen molar-refractivity contribution in [1.29, 1.82) is 0 Å². The summed E-state index contributed by atoms with van der Waals surface area (Å²) in [5, 5.41) is 0.438. The Kier molecular flexibility index (Phi) is 3.44. The number of ether oxygens (including phenoxy) is 1. The third-order valence-electron chi connectivity index (χ3n) is 2.21. The summed E-state index contributed by atoms with van der Waals surface area (Å²) in [4.78, 5) is 4.16. The maximum Gasteiger partial charge on any atom is 0.165 e.